The molecule has 0 unspecified atom stereocenters. The number of benzene rings is 2. The van der Waals surface area contributed by atoms with E-state index in [4.69, 9.17) is 0 Å². The maximum atomic E-state index is 11.8. The fourth-order valence-corrected chi connectivity index (χ4v) is 1.80. The highest BCUT2D eigenvalue weighted by Crippen LogP contribution is 2.13. The number of hydrogen-bond donors (Lipinski definition) is 2. The molecule has 0 saturated carbocycles. The molecule has 0 bridgehead atoms. The first kappa shape index (κ1) is 13.1. The van der Waals surface area contributed by atoms with Crippen molar-refractivity contribution in [3.8, 4) is 0 Å². The quantitative estimate of drug-likeness (QED) is 0.858. The molecule has 0 heterocycles. The number of rotatable bonds is 5. The molecule has 19 heavy (non-hydrogen) atoms. The molecule has 1 amide bonds. The van der Waals surface area contributed by atoms with Gasteiger partial charge in [0, 0.05) is 24.3 Å². The first-order valence-electron chi connectivity index (χ1n) is 6.40. The second kappa shape index (κ2) is 6.59. The molecule has 0 aliphatic carbocycles. The standard InChI is InChI=1S/C16H18N2O/c1-13-7-5-6-10-15(13)18-16(19)11-12-17-14-8-3-2-4-9-14/h2-10,17H,11-12H2,1H3,(H,18,19). The van der Waals surface area contributed by atoms with Crippen LogP contribution in [0.2, 0.25) is 0 Å². The van der Waals surface area contributed by atoms with Crippen LogP contribution in [0.5, 0.6) is 0 Å². The molecule has 3 heteroatoms. The Balaban J connectivity index is 1.78. The van der Waals surface area contributed by atoms with Gasteiger partial charge in [0.05, 0.1) is 0 Å². The number of anilines is 2. The van der Waals surface area contributed by atoms with Crippen molar-refractivity contribution in [1.29, 1.82) is 0 Å². The lowest BCUT2D eigenvalue weighted by atomic mass is 10.2. The summed E-state index contributed by atoms with van der Waals surface area (Å²) in [7, 11) is 0. The minimum Gasteiger partial charge on any atom is -0.385 e. The van der Waals surface area contributed by atoms with Crippen LogP contribution in [0.15, 0.2) is 54.6 Å². The normalized spacial score (nSPS) is 9.95. The van der Waals surface area contributed by atoms with Gasteiger partial charge in [-0.3, -0.25) is 4.79 Å². The van der Waals surface area contributed by atoms with E-state index in [9.17, 15) is 4.79 Å². The van der Waals surface area contributed by atoms with Crippen molar-refractivity contribution in [2.45, 2.75) is 13.3 Å². The van der Waals surface area contributed by atoms with Crippen LogP contribution >= 0.6 is 0 Å². The minimum atomic E-state index is 0.0257. The highest BCUT2D eigenvalue weighted by Gasteiger charge is 2.03. The van der Waals surface area contributed by atoms with E-state index >= 15 is 0 Å². The summed E-state index contributed by atoms with van der Waals surface area (Å²) in [4.78, 5) is 11.8. The lowest BCUT2D eigenvalue weighted by Crippen LogP contribution is -2.16. The van der Waals surface area contributed by atoms with Crippen LogP contribution in [-0.4, -0.2) is 12.5 Å². The van der Waals surface area contributed by atoms with E-state index in [1.165, 1.54) is 0 Å². The molecule has 2 N–H and O–H groups in total. The van der Waals surface area contributed by atoms with Crippen LogP contribution in [0, 0.1) is 6.92 Å². The number of para-hydroxylation sites is 2. The molecule has 2 rings (SSSR count). The molecular formula is C16H18N2O. The number of nitrogens with one attached hydrogen (secondary N) is 2. The van der Waals surface area contributed by atoms with E-state index in [2.05, 4.69) is 10.6 Å². The fourth-order valence-electron chi connectivity index (χ4n) is 1.80. The second-order valence-electron chi connectivity index (χ2n) is 4.41. The Morgan fingerprint density at radius 1 is 1.00 bits per heavy atom. The number of aryl methyl sites for hydroxylation is 1. The monoisotopic (exact) mass is 254 g/mol. The van der Waals surface area contributed by atoms with Gasteiger partial charge < -0.3 is 10.6 Å². The highest BCUT2D eigenvalue weighted by molar-refractivity contribution is 5.91. The molecule has 98 valence electrons. The number of amides is 1. The van der Waals surface area contributed by atoms with Crippen molar-refractivity contribution in [2.24, 2.45) is 0 Å². The van der Waals surface area contributed by atoms with Gasteiger partial charge in [0.1, 0.15) is 0 Å². The van der Waals surface area contributed by atoms with Crippen LogP contribution in [0.1, 0.15) is 12.0 Å². The van der Waals surface area contributed by atoms with Crippen LogP contribution in [0.3, 0.4) is 0 Å². The van der Waals surface area contributed by atoms with Gasteiger partial charge in [-0.25, -0.2) is 0 Å². The first-order chi connectivity index (χ1) is 9.25. The highest BCUT2D eigenvalue weighted by atomic mass is 16.1. The SMILES string of the molecule is Cc1ccccc1NC(=O)CCNc1ccccc1. The zero-order valence-electron chi connectivity index (χ0n) is 11.0. The summed E-state index contributed by atoms with van der Waals surface area (Å²) in [6.45, 7) is 2.61. The molecule has 0 radical (unpaired) electrons. The first-order valence-corrected chi connectivity index (χ1v) is 6.40. The third kappa shape index (κ3) is 4.14. The Hall–Kier alpha value is -2.29. The molecule has 0 aliphatic rings. The summed E-state index contributed by atoms with van der Waals surface area (Å²) in [5, 5.41) is 6.13. The van der Waals surface area contributed by atoms with Gasteiger partial charge in [0.15, 0.2) is 0 Å². The lowest BCUT2D eigenvalue weighted by Gasteiger charge is -2.09. The maximum absolute atomic E-state index is 11.8. The molecule has 0 aliphatic heterocycles. The van der Waals surface area contributed by atoms with E-state index in [1.807, 2.05) is 61.5 Å². The maximum Gasteiger partial charge on any atom is 0.226 e. The van der Waals surface area contributed by atoms with Crippen molar-refractivity contribution in [1.82, 2.24) is 0 Å². The molecular weight excluding hydrogens is 236 g/mol. The third-order valence-electron chi connectivity index (χ3n) is 2.87. The van der Waals surface area contributed by atoms with E-state index in [0.717, 1.165) is 16.9 Å². The van der Waals surface area contributed by atoms with E-state index in [1.54, 1.807) is 0 Å². The zero-order chi connectivity index (χ0) is 13.5. The topological polar surface area (TPSA) is 41.1 Å². The Morgan fingerprint density at radius 3 is 2.42 bits per heavy atom. The molecule has 0 atom stereocenters. The number of hydrogen-bond acceptors (Lipinski definition) is 2. The Kier molecular flexibility index (Phi) is 4.56. The van der Waals surface area contributed by atoms with Crippen molar-refractivity contribution in [3.63, 3.8) is 0 Å². The van der Waals surface area contributed by atoms with Gasteiger partial charge in [-0.1, -0.05) is 36.4 Å². The van der Waals surface area contributed by atoms with Crippen molar-refractivity contribution < 1.29 is 4.79 Å². The molecule has 3 nitrogen and oxygen atoms in total. The van der Waals surface area contributed by atoms with Gasteiger partial charge in [-0.15, -0.1) is 0 Å². The van der Waals surface area contributed by atoms with Gasteiger partial charge in [-0.2, -0.15) is 0 Å². The Bertz CT molecular complexity index is 537. The summed E-state index contributed by atoms with van der Waals surface area (Å²) in [6, 6.07) is 17.7. The second-order valence-corrected chi connectivity index (χ2v) is 4.41. The van der Waals surface area contributed by atoms with Crippen LogP contribution < -0.4 is 10.6 Å². The molecule has 0 spiro atoms. The third-order valence-corrected chi connectivity index (χ3v) is 2.87. The van der Waals surface area contributed by atoms with E-state index in [0.29, 0.717) is 13.0 Å². The molecule has 2 aromatic carbocycles. The number of carbonyl (C=O) groups is 1. The largest absolute Gasteiger partial charge is 0.385 e. The summed E-state index contributed by atoms with van der Waals surface area (Å²) in [6.07, 6.45) is 0.448. The average Bonchev–Trinajstić information content (AvgIpc) is 2.43. The lowest BCUT2D eigenvalue weighted by molar-refractivity contribution is -0.115. The Morgan fingerprint density at radius 2 is 1.68 bits per heavy atom. The zero-order valence-corrected chi connectivity index (χ0v) is 11.0. The molecule has 0 aromatic heterocycles. The molecule has 0 saturated heterocycles. The van der Waals surface area contributed by atoms with Crippen molar-refractivity contribution >= 4 is 17.3 Å². The van der Waals surface area contributed by atoms with Gasteiger partial charge in [-0.05, 0) is 30.7 Å². The van der Waals surface area contributed by atoms with Crippen molar-refractivity contribution in [2.75, 3.05) is 17.2 Å². The molecule has 0 fully saturated rings. The smallest absolute Gasteiger partial charge is 0.226 e. The van der Waals surface area contributed by atoms with Gasteiger partial charge in [0.2, 0.25) is 5.91 Å². The summed E-state index contributed by atoms with van der Waals surface area (Å²) >= 11 is 0. The predicted molar refractivity (Wildman–Crippen MR) is 79.4 cm³/mol. The predicted octanol–water partition coefficient (Wildman–Crippen LogP) is 3.44. The fraction of sp³-hybridized carbons (Fsp3) is 0.188. The van der Waals surface area contributed by atoms with Crippen LogP contribution in [0.25, 0.3) is 0 Å². The van der Waals surface area contributed by atoms with Crippen LogP contribution in [0.4, 0.5) is 11.4 Å². The average molecular weight is 254 g/mol. The van der Waals surface area contributed by atoms with Crippen LogP contribution in [-0.2, 0) is 4.79 Å². The molecule has 2 aromatic rings. The van der Waals surface area contributed by atoms with Crippen molar-refractivity contribution in [3.05, 3.63) is 60.2 Å². The summed E-state index contributed by atoms with van der Waals surface area (Å²) < 4.78 is 0. The van der Waals surface area contributed by atoms with E-state index in [-0.39, 0.29) is 5.91 Å². The van der Waals surface area contributed by atoms with Gasteiger partial charge >= 0.3 is 0 Å². The minimum absolute atomic E-state index is 0.0257. The van der Waals surface area contributed by atoms with Gasteiger partial charge in [0.25, 0.3) is 0 Å². The Labute approximate surface area is 113 Å². The summed E-state index contributed by atoms with van der Waals surface area (Å²) in [5.41, 5.74) is 2.99. The number of carbonyl (C=O) groups excluding carboxylic acids is 1. The summed E-state index contributed by atoms with van der Waals surface area (Å²) in [5.74, 6) is 0.0257. The van der Waals surface area contributed by atoms with E-state index < -0.39 is 0 Å².